The van der Waals surface area contributed by atoms with E-state index in [0.717, 1.165) is 13.0 Å². The lowest BCUT2D eigenvalue weighted by Crippen LogP contribution is -2.24. The largest absolute Gasteiger partial charge is 0.209 e. The van der Waals surface area contributed by atoms with E-state index in [4.69, 9.17) is 0 Å². The molecule has 2 aromatic rings. The molecule has 2 aliphatic carbocycles. The van der Waals surface area contributed by atoms with Gasteiger partial charge in [-0.05, 0) is 81.4 Å². The van der Waals surface area contributed by atoms with Crippen molar-refractivity contribution in [2.24, 2.45) is 11.3 Å². The third kappa shape index (κ3) is 5.71. The number of allylic oxidation sites excluding steroid dienone is 4. The van der Waals surface area contributed by atoms with Crippen molar-refractivity contribution in [3.63, 3.8) is 0 Å². The summed E-state index contributed by atoms with van der Waals surface area (Å²) in [5, 5.41) is 0. The number of unbranched alkanes of at least 4 members (excludes halogenated alkanes) is 2. The van der Waals surface area contributed by atoms with Gasteiger partial charge in [-0.25, -0.2) is 0 Å². The van der Waals surface area contributed by atoms with Gasteiger partial charge in [0.1, 0.15) is 6.54 Å². The third-order valence-corrected chi connectivity index (χ3v) is 9.04. The SMILES string of the molecule is CCCCCC1C(=CC2CC(=CC3=[N+](CC)c4ccc(C)cc4C3)CC(C)(C)C2)Cc2cc(C)ccc21. The van der Waals surface area contributed by atoms with Crippen molar-refractivity contribution in [1.29, 1.82) is 0 Å². The predicted molar refractivity (Wildman–Crippen MR) is 159 cm³/mol. The number of rotatable bonds is 7. The van der Waals surface area contributed by atoms with Crippen LogP contribution in [-0.4, -0.2) is 16.8 Å². The summed E-state index contributed by atoms with van der Waals surface area (Å²) in [6.45, 7) is 15.1. The second-order valence-corrected chi connectivity index (χ2v) is 13.0. The number of fused-ring (bicyclic) bond motifs is 2. The van der Waals surface area contributed by atoms with Gasteiger partial charge in [0.2, 0.25) is 5.69 Å². The van der Waals surface area contributed by atoms with Crippen molar-refractivity contribution in [3.8, 4) is 0 Å². The highest BCUT2D eigenvalue weighted by atomic mass is 15.0. The van der Waals surface area contributed by atoms with Crippen LogP contribution in [0.2, 0.25) is 0 Å². The molecule has 2 unspecified atom stereocenters. The van der Waals surface area contributed by atoms with Crippen LogP contribution in [0.1, 0.15) is 106 Å². The molecule has 0 aromatic heterocycles. The van der Waals surface area contributed by atoms with E-state index in [9.17, 15) is 0 Å². The minimum Gasteiger partial charge on any atom is -0.196 e. The van der Waals surface area contributed by atoms with Crippen LogP contribution in [-0.2, 0) is 12.8 Å². The van der Waals surface area contributed by atoms with Gasteiger partial charge in [-0.15, -0.1) is 0 Å². The summed E-state index contributed by atoms with van der Waals surface area (Å²) < 4.78 is 2.55. The monoisotopic (exact) mass is 494 g/mol. The van der Waals surface area contributed by atoms with Crippen molar-refractivity contribution >= 4 is 11.4 Å². The molecule has 1 heterocycles. The Kier molecular flexibility index (Phi) is 7.62. The van der Waals surface area contributed by atoms with Gasteiger partial charge in [0, 0.05) is 23.6 Å². The van der Waals surface area contributed by atoms with Crippen LogP contribution in [0.3, 0.4) is 0 Å². The van der Waals surface area contributed by atoms with Crippen molar-refractivity contribution in [2.75, 3.05) is 6.54 Å². The van der Waals surface area contributed by atoms with Crippen LogP contribution in [0, 0.1) is 25.2 Å². The molecule has 0 bridgehead atoms. The lowest BCUT2D eigenvalue weighted by molar-refractivity contribution is -0.432. The van der Waals surface area contributed by atoms with Crippen molar-refractivity contribution in [2.45, 2.75) is 105 Å². The normalized spacial score (nSPS) is 24.7. The number of nitrogens with zero attached hydrogens (tertiary/aromatic N) is 1. The number of aryl methyl sites for hydroxylation is 2. The minimum atomic E-state index is 0.352. The van der Waals surface area contributed by atoms with Crippen LogP contribution in [0.5, 0.6) is 0 Å². The molecule has 5 rings (SSSR count). The molecule has 196 valence electrons. The van der Waals surface area contributed by atoms with Crippen molar-refractivity contribution < 1.29 is 4.58 Å². The van der Waals surface area contributed by atoms with Gasteiger partial charge in [0.05, 0.1) is 6.42 Å². The van der Waals surface area contributed by atoms with Gasteiger partial charge in [0.15, 0.2) is 5.71 Å². The maximum Gasteiger partial charge on any atom is 0.209 e. The van der Waals surface area contributed by atoms with Crippen LogP contribution < -0.4 is 0 Å². The van der Waals surface area contributed by atoms with Gasteiger partial charge in [-0.1, -0.05) is 92.6 Å². The van der Waals surface area contributed by atoms with Crippen molar-refractivity contribution in [3.05, 3.63) is 87.5 Å². The van der Waals surface area contributed by atoms with Crippen LogP contribution >= 0.6 is 0 Å². The van der Waals surface area contributed by atoms with Crippen LogP contribution in [0.15, 0.2) is 59.7 Å². The van der Waals surface area contributed by atoms with E-state index < -0.39 is 0 Å². The zero-order valence-electron chi connectivity index (χ0n) is 24.3. The fourth-order valence-corrected chi connectivity index (χ4v) is 7.60. The molecule has 1 heteroatoms. The maximum atomic E-state index is 2.75. The summed E-state index contributed by atoms with van der Waals surface area (Å²) in [7, 11) is 0. The first-order valence-electron chi connectivity index (χ1n) is 15.0. The minimum absolute atomic E-state index is 0.352. The summed E-state index contributed by atoms with van der Waals surface area (Å²) in [6, 6.07) is 14.2. The molecule has 2 atom stereocenters. The van der Waals surface area contributed by atoms with Crippen LogP contribution in [0.4, 0.5) is 5.69 Å². The first-order valence-corrected chi connectivity index (χ1v) is 15.0. The molecule has 0 amide bonds. The average Bonchev–Trinajstić information content (AvgIpc) is 3.33. The van der Waals surface area contributed by atoms with Crippen molar-refractivity contribution in [1.82, 2.24) is 0 Å². The van der Waals surface area contributed by atoms with Gasteiger partial charge in [-0.2, -0.15) is 4.58 Å². The second kappa shape index (κ2) is 10.8. The molecule has 2 aromatic carbocycles. The van der Waals surface area contributed by atoms with E-state index in [1.54, 1.807) is 22.3 Å². The van der Waals surface area contributed by atoms with Gasteiger partial charge < -0.3 is 0 Å². The molecular formula is C36H48N+. The molecule has 0 saturated heterocycles. The Bertz CT molecular complexity index is 1250. The fraction of sp³-hybridized carbons (Fsp3) is 0.528. The molecule has 1 aliphatic heterocycles. The molecule has 1 fully saturated rings. The van der Waals surface area contributed by atoms with E-state index >= 15 is 0 Å². The predicted octanol–water partition coefficient (Wildman–Crippen LogP) is 9.56. The first-order chi connectivity index (χ1) is 17.8. The Morgan fingerprint density at radius 3 is 2.46 bits per heavy atom. The van der Waals surface area contributed by atoms with E-state index in [1.807, 2.05) is 0 Å². The molecule has 0 spiro atoms. The Labute approximate surface area is 226 Å². The topological polar surface area (TPSA) is 3.01 Å². The Morgan fingerprint density at radius 1 is 0.946 bits per heavy atom. The highest BCUT2D eigenvalue weighted by Crippen LogP contribution is 2.46. The van der Waals surface area contributed by atoms with E-state index in [0.29, 0.717) is 17.3 Å². The number of benzene rings is 2. The van der Waals surface area contributed by atoms with Crippen LogP contribution in [0.25, 0.3) is 0 Å². The molecule has 1 nitrogen and oxygen atoms in total. The highest BCUT2D eigenvalue weighted by molar-refractivity contribution is 5.96. The highest BCUT2D eigenvalue weighted by Gasteiger charge is 2.34. The zero-order valence-corrected chi connectivity index (χ0v) is 24.3. The Hall–Kier alpha value is -2.41. The average molecular weight is 495 g/mol. The summed E-state index contributed by atoms with van der Waals surface area (Å²) in [6.07, 6.45) is 16.6. The van der Waals surface area contributed by atoms with Gasteiger partial charge in [-0.3, -0.25) is 0 Å². The smallest absolute Gasteiger partial charge is 0.196 e. The summed E-state index contributed by atoms with van der Waals surface area (Å²) >= 11 is 0. The standard InChI is InChI=1S/C36H48N/c1-7-9-10-11-33-30(21-29-16-25(3)12-14-34(29)33)19-27-18-28(24-36(5,6)23-27)20-32-22-31-17-26(4)13-15-35(31)37(32)8-2/h12-17,19-20,27,33H,7-11,18,21-24H2,1-6H3/q+1. The molecular weight excluding hydrogens is 446 g/mol. The van der Waals surface area contributed by atoms with Gasteiger partial charge >= 0.3 is 0 Å². The summed E-state index contributed by atoms with van der Waals surface area (Å²) in [5.41, 5.74) is 14.1. The van der Waals surface area contributed by atoms with Gasteiger partial charge in [0.25, 0.3) is 0 Å². The maximum absolute atomic E-state index is 2.75. The number of hydrogen-bond donors (Lipinski definition) is 0. The zero-order chi connectivity index (χ0) is 26.2. The first kappa shape index (κ1) is 26.2. The lowest BCUT2D eigenvalue weighted by Gasteiger charge is -2.36. The molecule has 37 heavy (non-hydrogen) atoms. The Balaban J connectivity index is 1.42. The second-order valence-electron chi connectivity index (χ2n) is 13.0. The molecule has 1 saturated carbocycles. The fourth-order valence-electron chi connectivity index (χ4n) is 7.60. The Morgan fingerprint density at radius 2 is 1.70 bits per heavy atom. The van der Waals surface area contributed by atoms with E-state index in [2.05, 4.69) is 94.7 Å². The van der Waals surface area contributed by atoms with E-state index in [1.165, 1.54) is 79.5 Å². The third-order valence-electron chi connectivity index (χ3n) is 9.04. The summed E-state index contributed by atoms with van der Waals surface area (Å²) in [4.78, 5) is 0. The molecule has 0 radical (unpaired) electrons. The quantitative estimate of drug-likeness (QED) is 0.205. The lowest BCUT2D eigenvalue weighted by atomic mass is 9.69. The summed E-state index contributed by atoms with van der Waals surface area (Å²) in [5.74, 6) is 1.29. The number of hydrogen-bond acceptors (Lipinski definition) is 0. The van der Waals surface area contributed by atoms with E-state index in [-0.39, 0.29) is 0 Å². The molecule has 3 aliphatic rings. The molecule has 0 N–H and O–H groups in total.